The van der Waals surface area contributed by atoms with Crippen LogP contribution in [0.4, 0.5) is 0 Å². The van der Waals surface area contributed by atoms with Crippen LogP contribution in [0.15, 0.2) is 16.3 Å². The van der Waals surface area contributed by atoms with Crippen LogP contribution >= 0.6 is 0 Å². The predicted molar refractivity (Wildman–Crippen MR) is 124 cm³/mol. The van der Waals surface area contributed by atoms with Gasteiger partial charge in [-0.1, -0.05) is 62.3 Å². The van der Waals surface area contributed by atoms with Crippen molar-refractivity contribution in [3.8, 4) is 0 Å². The topological polar surface area (TPSA) is 56.1 Å². The van der Waals surface area contributed by atoms with Gasteiger partial charge >= 0.3 is 5.97 Å². The van der Waals surface area contributed by atoms with Crippen LogP contribution in [0.3, 0.4) is 0 Å². The molecule has 3 atom stereocenters. The van der Waals surface area contributed by atoms with E-state index in [9.17, 15) is 9.90 Å². The molecule has 5 nitrogen and oxygen atoms in total. The number of amidine groups is 1. The van der Waals surface area contributed by atoms with Crippen molar-refractivity contribution in [3.05, 3.63) is 11.3 Å². The molecule has 3 rings (SSSR count). The van der Waals surface area contributed by atoms with E-state index in [1.165, 1.54) is 17.1 Å². The second kappa shape index (κ2) is 7.65. The number of carbonyl (C=O) groups is 1. The van der Waals surface area contributed by atoms with E-state index in [1.54, 1.807) is 0 Å². The van der Waals surface area contributed by atoms with E-state index in [1.807, 2.05) is 0 Å². The van der Waals surface area contributed by atoms with E-state index in [0.29, 0.717) is 5.92 Å². The highest BCUT2D eigenvalue weighted by atomic mass is 16.4. The standard InChI is InChI=1S/C25H43N3O2/c1-23(2,3)19-18-13-16(14-27-12-10-11-17(27)21(29)30)15-28(18)22(25(7,8)9)26-20(19)24(4,5)6/h16-17,20H,10-15H2,1-9H3,(H,29,30). The van der Waals surface area contributed by atoms with Crippen molar-refractivity contribution < 1.29 is 9.90 Å². The molecule has 0 bridgehead atoms. The molecule has 3 aliphatic heterocycles. The minimum atomic E-state index is -0.664. The first-order valence-electron chi connectivity index (χ1n) is 11.7. The molecule has 3 unspecified atom stereocenters. The van der Waals surface area contributed by atoms with Gasteiger partial charge in [-0.3, -0.25) is 14.7 Å². The smallest absolute Gasteiger partial charge is 0.320 e. The molecule has 30 heavy (non-hydrogen) atoms. The molecule has 1 N–H and O–H groups in total. The van der Waals surface area contributed by atoms with Crippen molar-refractivity contribution in [2.45, 2.75) is 93.7 Å². The van der Waals surface area contributed by atoms with Crippen molar-refractivity contribution in [1.82, 2.24) is 9.80 Å². The molecule has 0 amide bonds. The first-order valence-corrected chi connectivity index (χ1v) is 11.7. The zero-order valence-corrected chi connectivity index (χ0v) is 20.7. The Kier molecular flexibility index (Phi) is 5.94. The number of hydrogen-bond donors (Lipinski definition) is 1. The predicted octanol–water partition coefficient (Wildman–Crippen LogP) is 5.03. The van der Waals surface area contributed by atoms with Crippen LogP contribution in [0.1, 0.15) is 81.6 Å². The van der Waals surface area contributed by atoms with Crippen molar-refractivity contribution in [2.75, 3.05) is 19.6 Å². The monoisotopic (exact) mass is 417 g/mol. The number of nitrogens with zero attached hydrogens (tertiary/aromatic N) is 3. The van der Waals surface area contributed by atoms with Crippen molar-refractivity contribution in [2.24, 2.45) is 27.2 Å². The van der Waals surface area contributed by atoms with Crippen LogP contribution in [-0.4, -0.2) is 58.4 Å². The molecular formula is C25H43N3O2. The van der Waals surface area contributed by atoms with E-state index in [0.717, 1.165) is 38.9 Å². The number of allylic oxidation sites excluding steroid dienone is 1. The third-order valence-corrected chi connectivity index (χ3v) is 6.78. The third-order valence-electron chi connectivity index (χ3n) is 6.78. The van der Waals surface area contributed by atoms with Crippen LogP contribution in [0.25, 0.3) is 0 Å². The highest BCUT2D eigenvalue weighted by Crippen LogP contribution is 2.48. The summed E-state index contributed by atoms with van der Waals surface area (Å²) < 4.78 is 0. The van der Waals surface area contributed by atoms with Gasteiger partial charge in [-0.15, -0.1) is 0 Å². The zero-order valence-electron chi connectivity index (χ0n) is 20.7. The Morgan fingerprint density at radius 2 is 1.70 bits per heavy atom. The SMILES string of the molecule is CC(C)(C)C1=NC(C(C)(C)C)C(C(C)(C)C)=C2CC(CN3CCCC3C(=O)O)CN12. The lowest BCUT2D eigenvalue weighted by Gasteiger charge is -2.45. The quantitative estimate of drug-likeness (QED) is 0.700. The molecular weight excluding hydrogens is 374 g/mol. The Labute approximate surface area is 183 Å². The van der Waals surface area contributed by atoms with E-state index in [-0.39, 0.29) is 28.3 Å². The van der Waals surface area contributed by atoms with Crippen LogP contribution in [0.2, 0.25) is 0 Å². The van der Waals surface area contributed by atoms with Gasteiger partial charge in [0.25, 0.3) is 0 Å². The molecule has 0 saturated carbocycles. The van der Waals surface area contributed by atoms with Gasteiger partial charge in [0.1, 0.15) is 11.9 Å². The lowest BCUT2D eigenvalue weighted by Crippen LogP contribution is -2.47. The first-order chi connectivity index (χ1) is 13.6. The summed E-state index contributed by atoms with van der Waals surface area (Å²) in [5.41, 5.74) is 3.01. The molecule has 0 aromatic heterocycles. The number of likely N-dealkylation sites (tertiary alicyclic amines) is 1. The molecule has 2 saturated heterocycles. The molecule has 3 heterocycles. The fraction of sp³-hybridized carbons (Fsp3) is 0.840. The average Bonchev–Trinajstić information content (AvgIpc) is 3.16. The van der Waals surface area contributed by atoms with Crippen molar-refractivity contribution in [1.29, 1.82) is 0 Å². The summed E-state index contributed by atoms with van der Waals surface area (Å²) in [6.45, 7) is 23.4. The Hall–Kier alpha value is -1.36. The van der Waals surface area contributed by atoms with Gasteiger partial charge in [-0.25, -0.2) is 0 Å². The van der Waals surface area contributed by atoms with Gasteiger partial charge < -0.3 is 10.0 Å². The Morgan fingerprint density at radius 1 is 1.07 bits per heavy atom. The number of aliphatic carboxylic acids is 1. The maximum Gasteiger partial charge on any atom is 0.320 e. The summed E-state index contributed by atoms with van der Waals surface area (Å²) in [5.74, 6) is 0.982. The third kappa shape index (κ3) is 4.46. The van der Waals surface area contributed by atoms with Crippen LogP contribution in [-0.2, 0) is 4.79 Å². The minimum absolute atomic E-state index is 0.0235. The molecule has 170 valence electrons. The fourth-order valence-electron chi connectivity index (χ4n) is 5.55. The highest BCUT2D eigenvalue weighted by molar-refractivity contribution is 5.90. The highest BCUT2D eigenvalue weighted by Gasteiger charge is 2.47. The van der Waals surface area contributed by atoms with Gasteiger partial charge in [0.05, 0.1) is 6.04 Å². The van der Waals surface area contributed by atoms with Gasteiger partial charge in [-0.05, 0) is 48.1 Å². The van der Waals surface area contributed by atoms with E-state index >= 15 is 0 Å². The normalized spacial score (nSPS) is 28.8. The number of rotatable bonds is 3. The van der Waals surface area contributed by atoms with Gasteiger partial charge in [0.15, 0.2) is 0 Å². The largest absolute Gasteiger partial charge is 0.480 e. The number of aliphatic imine (C=N–C) groups is 1. The van der Waals surface area contributed by atoms with E-state index < -0.39 is 5.97 Å². The minimum Gasteiger partial charge on any atom is -0.480 e. The number of carboxylic acids is 1. The summed E-state index contributed by atoms with van der Waals surface area (Å²) in [7, 11) is 0. The average molecular weight is 418 g/mol. The van der Waals surface area contributed by atoms with Crippen molar-refractivity contribution >= 4 is 11.8 Å². The molecule has 2 fully saturated rings. The second-order valence-electron chi connectivity index (χ2n) is 12.8. The Balaban J connectivity index is 1.99. The van der Waals surface area contributed by atoms with Gasteiger partial charge in [0, 0.05) is 24.2 Å². The molecule has 0 aliphatic carbocycles. The Morgan fingerprint density at radius 3 is 2.20 bits per heavy atom. The number of carboxylic acid groups (broad SMARTS) is 1. The summed E-state index contributed by atoms with van der Waals surface area (Å²) in [6, 6.07) is -0.132. The first kappa shape index (κ1) is 23.3. The Bertz CT molecular complexity index is 746. The maximum absolute atomic E-state index is 11.7. The van der Waals surface area contributed by atoms with Crippen LogP contribution in [0, 0.1) is 22.2 Å². The second-order valence-corrected chi connectivity index (χ2v) is 12.8. The molecule has 5 heteroatoms. The molecule has 0 radical (unpaired) electrons. The summed E-state index contributed by atoms with van der Waals surface area (Å²) in [4.78, 5) is 21.8. The van der Waals surface area contributed by atoms with Gasteiger partial charge in [-0.2, -0.15) is 0 Å². The van der Waals surface area contributed by atoms with E-state index in [4.69, 9.17) is 4.99 Å². The number of fused-ring (bicyclic) bond motifs is 1. The lowest BCUT2D eigenvalue weighted by molar-refractivity contribution is -0.142. The van der Waals surface area contributed by atoms with Gasteiger partial charge in [0.2, 0.25) is 0 Å². The lowest BCUT2D eigenvalue weighted by atomic mass is 9.70. The molecule has 0 aromatic carbocycles. The maximum atomic E-state index is 11.7. The van der Waals surface area contributed by atoms with Crippen LogP contribution < -0.4 is 0 Å². The molecule has 0 aromatic rings. The zero-order chi connectivity index (χ0) is 22.6. The fourth-order valence-corrected chi connectivity index (χ4v) is 5.55. The van der Waals surface area contributed by atoms with Crippen LogP contribution in [0.5, 0.6) is 0 Å². The van der Waals surface area contributed by atoms with E-state index in [2.05, 4.69) is 72.1 Å². The van der Waals surface area contributed by atoms with Crippen molar-refractivity contribution in [3.63, 3.8) is 0 Å². The number of hydrogen-bond acceptors (Lipinski definition) is 4. The summed E-state index contributed by atoms with van der Waals surface area (Å²) >= 11 is 0. The molecule has 3 aliphatic rings. The summed E-state index contributed by atoms with van der Waals surface area (Å²) in [5, 5.41) is 9.61. The molecule has 0 spiro atoms. The summed E-state index contributed by atoms with van der Waals surface area (Å²) in [6.07, 6.45) is 2.80.